The third kappa shape index (κ3) is 4.47. The van der Waals surface area contributed by atoms with Crippen molar-refractivity contribution in [3.63, 3.8) is 0 Å². The van der Waals surface area contributed by atoms with Crippen molar-refractivity contribution in [1.29, 1.82) is 0 Å². The van der Waals surface area contributed by atoms with Crippen molar-refractivity contribution < 1.29 is 9.53 Å². The van der Waals surface area contributed by atoms with Crippen LogP contribution in [0.3, 0.4) is 0 Å². The molecule has 0 aromatic heterocycles. The maximum atomic E-state index is 12.5. The van der Waals surface area contributed by atoms with E-state index < -0.39 is 0 Å². The lowest BCUT2D eigenvalue weighted by Crippen LogP contribution is -2.56. The van der Waals surface area contributed by atoms with Gasteiger partial charge in [0.1, 0.15) is 5.75 Å². The monoisotopic (exact) mass is 379 g/mol. The van der Waals surface area contributed by atoms with Crippen molar-refractivity contribution in [2.45, 2.75) is 56.8 Å². The van der Waals surface area contributed by atoms with Crippen LogP contribution in [0.15, 0.2) is 54.6 Å². The van der Waals surface area contributed by atoms with Gasteiger partial charge in [-0.05, 0) is 55.5 Å². The number of rotatable bonds is 5. The molecule has 0 saturated carbocycles. The van der Waals surface area contributed by atoms with Gasteiger partial charge in [-0.3, -0.25) is 4.90 Å². The molecule has 2 saturated heterocycles. The number of benzene rings is 2. The lowest BCUT2D eigenvalue weighted by Gasteiger charge is -2.49. The number of nitrogens with one attached hydrogen (secondary N) is 2. The first-order chi connectivity index (χ1) is 13.7. The molecule has 5 heteroatoms. The number of amides is 2. The number of hydrogen-bond acceptors (Lipinski definition) is 3. The summed E-state index contributed by atoms with van der Waals surface area (Å²) in [4.78, 5) is 15.1. The van der Waals surface area contributed by atoms with Crippen molar-refractivity contribution in [3.8, 4) is 5.75 Å². The summed E-state index contributed by atoms with van der Waals surface area (Å²) < 4.78 is 5.16. The van der Waals surface area contributed by atoms with Gasteiger partial charge in [0.2, 0.25) is 0 Å². The summed E-state index contributed by atoms with van der Waals surface area (Å²) in [6.07, 6.45) is 5.80. The summed E-state index contributed by atoms with van der Waals surface area (Å²) in [7, 11) is 1.64. The highest BCUT2D eigenvalue weighted by Gasteiger charge is 2.38. The standard InChI is InChI=1S/C23H29N3O2/c1-28-22-12-10-18(11-13-22)24-23(27)25-19-14-20-8-5-9-21(15-19)26(20)16-17-6-3-2-4-7-17/h2-4,6-7,10-13,19-21H,5,8-9,14-16H2,1H3,(H2,24,25,27)/t19?,20-,21+. The smallest absolute Gasteiger partial charge is 0.319 e. The average Bonchev–Trinajstić information content (AvgIpc) is 2.70. The summed E-state index contributed by atoms with van der Waals surface area (Å²) in [5.41, 5.74) is 2.16. The Morgan fingerprint density at radius 1 is 1.04 bits per heavy atom. The molecule has 0 aliphatic carbocycles. The van der Waals surface area contributed by atoms with E-state index in [9.17, 15) is 4.79 Å². The number of nitrogens with zero attached hydrogens (tertiary/aromatic N) is 1. The minimum absolute atomic E-state index is 0.121. The second-order valence-corrected chi connectivity index (χ2v) is 7.89. The molecule has 2 N–H and O–H groups in total. The predicted molar refractivity (Wildman–Crippen MR) is 112 cm³/mol. The van der Waals surface area contributed by atoms with Gasteiger partial charge in [0.25, 0.3) is 0 Å². The van der Waals surface area contributed by atoms with E-state index in [-0.39, 0.29) is 12.1 Å². The Morgan fingerprint density at radius 3 is 2.36 bits per heavy atom. The summed E-state index contributed by atoms with van der Waals surface area (Å²) in [5.74, 6) is 0.782. The fraction of sp³-hybridized carbons (Fsp3) is 0.435. The van der Waals surface area contributed by atoms with E-state index in [1.807, 2.05) is 24.3 Å². The van der Waals surface area contributed by atoms with Crippen LogP contribution in [-0.2, 0) is 6.54 Å². The van der Waals surface area contributed by atoms with Crippen LogP contribution >= 0.6 is 0 Å². The lowest BCUT2D eigenvalue weighted by molar-refractivity contribution is 0.0200. The second-order valence-electron chi connectivity index (χ2n) is 7.89. The third-order valence-electron chi connectivity index (χ3n) is 6.02. The van der Waals surface area contributed by atoms with Gasteiger partial charge >= 0.3 is 6.03 Å². The predicted octanol–water partition coefficient (Wildman–Crippen LogP) is 4.40. The van der Waals surface area contributed by atoms with Crippen molar-refractivity contribution >= 4 is 11.7 Å². The highest BCUT2D eigenvalue weighted by molar-refractivity contribution is 5.89. The molecule has 28 heavy (non-hydrogen) atoms. The minimum Gasteiger partial charge on any atom is -0.497 e. The van der Waals surface area contributed by atoms with Crippen LogP contribution in [0.1, 0.15) is 37.7 Å². The van der Waals surface area contributed by atoms with Crippen LogP contribution in [0.25, 0.3) is 0 Å². The molecular formula is C23H29N3O2. The van der Waals surface area contributed by atoms with E-state index in [4.69, 9.17) is 4.74 Å². The van der Waals surface area contributed by atoms with Crippen LogP contribution in [0.2, 0.25) is 0 Å². The lowest BCUT2D eigenvalue weighted by atomic mass is 9.81. The van der Waals surface area contributed by atoms with Crippen LogP contribution in [-0.4, -0.2) is 36.2 Å². The molecule has 2 aromatic carbocycles. The van der Waals surface area contributed by atoms with E-state index in [1.54, 1.807) is 7.11 Å². The zero-order chi connectivity index (χ0) is 19.3. The van der Waals surface area contributed by atoms with Gasteiger partial charge in [-0.2, -0.15) is 0 Å². The molecule has 2 fully saturated rings. The van der Waals surface area contributed by atoms with Crippen LogP contribution in [0.4, 0.5) is 10.5 Å². The van der Waals surface area contributed by atoms with Gasteiger partial charge in [0, 0.05) is 30.4 Å². The van der Waals surface area contributed by atoms with E-state index in [1.165, 1.54) is 24.8 Å². The largest absolute Gasteiger partial charge is 0.497 e. The molecule has 0 spiro atoms. The Labute approximate surface area is 167 Å². The maximum Gasteiger partial charge on any atom is 0.319 e. The van der Waals surface area contributed by atoms with E-state index >= 15 is 0 Å². The third-order valence-corrected chi connectivity index (χ3v) is 6.02. The zero-order valence-electron chi connectivity index (χ0n) is 16.4. The van der Waals surface area contributed by atoms with Crippen LogP contribution < -0.4 is 15.4 Å². The molecular weight excluding hydrogens is 350 g/mol. The molecule has 0 radical (unpaired) electrons. The number of fused-ring (bicyclic) bond motifs is 2. The Balaban J connectivity index is 1.33. The number of methoxy groups -OCH3 is 1. The van der Waals surface area contributed by atoms with E-state index in [2.05, 4.69) is 45.9 Å². The maximum absolute atomic E-state index is 12.5. The molecule has 5 nitrogen and oxygen atoms in total. The van der Waals surface area contributed by atoms with Gasteiger partial charge in [-0.1, -0.05) is 36.8 Å². The first-order valence-corrected chi connectivity index (χ1v) is 10.2. The Bertz CT molecular complexity index is 764. The van der Waals surface area contributed by atoms with Crippen molar-refractivity contribution in [1.82, 2.24) is 10.2 Å². The van der Waals surface area contributed by atoms with E-state index in [0.29, 0.717) is 12.1 Å². The first-order valence-electron chi connectivity index (χ1n) is 10.2. The van der Waals surface area contributed by atoms with Gasteiger partial charge in [-0.15, -0.1) is 0 Å². The number of carbonyl (C=O) groups excluding carboxylic acids is 1. The zero-order valence-corrected chi connectivity index (χ0v) is 16.4. The number of urea groups is 1. The molecule has 3 atom stereocenters. The molecule has 148 valence electrons. The number of piperidine rings is 2. The minimum atomic E-state index is -0.121. The number of carbonyl (C=O) groups is 1. The summed E-state index contributed by atoms with van der Waals surface area (Å²) in [6.45, 7) is 1.01. The Morgan fingerprint density at radius 2 is 1.71 bits per heavy atom. The fourth-order valence-corrected chi connectivity index (χ4v) is 4.68. The van der Waals surface area contributed by atoms with Crippen LogP contribution in [0.5, 0.6) is 5.75 Å². The normalized spacial score (nSPS) is 24.4. The van der Waals surface area contributed by atoms with Gasteiger partial charge < -0.3 is 15.4 Å². The number of hydrogen-bond donors (Lipinski definition) is 2. The van der Waals surface area contributed by atoms with Crippen molar-refractivity contribution in [2.75, 3.05) is 12.4 Å². The molecule has 1 unspecified atom stereocenters. The average molecular weight is 380 g/mol. The molecule has 2 amide bonds. The quantitative estimate of drug-likeness (QED) is 0.809. The highest BCUT2D eigenvalue weighted by Crippen LogP contribution is 2.35. The van der Waals surface area contributed by atoms with Crippen LogP contribution in [0, 0.1) is 0 Å². The summed E-state index contributed by atoms with van der Waals surface area (Å²) in [5, 5.41) is 6.14. The van der Waals surface area contributed by atoms with Crippen molar-refractivity contribution in [3.05, 3.63) is 60.2 Å². The SMILES string of the molecule is COc1ccc(NC(=O)NC2C[C@H]3CCC[C@@H](C2)N3Cc2ccccc2)cc1. The van der Waals surface area contributed by atoms with Gasteiger partial charge in [0.15, 0.2) is 0 Å². The first kappa shape index (κ1) is 18.8. The van der Waals surface area contributed by atoms with Crippen molar-refractivity contribution in [2.24, 2.45) is 0 Å². The summed E-state index contributed by atoms with van der Waals surface area (Å²) in [6, 6.07) is 19.4. The molecule has 2 aromatic rings. The van der Waals surface area contributed by atoms with E-state index in [0.717, 1.165) is 30.8 Å². The van der Waals surface area contributed by atoms with Gasteiger partial charge in [0.05, 0.1) is 7.11 Å². The molecule has 2 heterocycles. The topological polar surface area (TPSA) is 53.6 Å². The second kappa shape index (κ2) is 8.65. The fourth-order valence-electron chi connectivity index (χ4n) is 4.68. The highest BCUT2D eigenvalue weighted by atomic mass is 16.5. The Kier molecular flexibility index (Phi) is 5.81. The number of ether oxygens (including phenoxy) is 1. The Hall–Kier alpha value is -2.53. The summed E-state index contributed by atoms with van der Waals surface area (Å²) >= 11 is 0. The molecule has 4 rings (SSSR count). The molecule has 2 aliphatic rings. The molecule has 2 aliphatic heterocycles. The molecule has 2 bridgehead atoms. The van der Waals surface area contributed by atoms with Gasteiger partial charge in [-0.25, -0.2) is 4.79 Å². The number of anilines is 1.